The second-order valence-electron chi connectivity index (χ2n) is 9.19. The maximum Gasteiger partial charge on any atom is 0.309 e. The van der Waals surface area contributed by atoms with Crippen molar-refractivity contribution in [1.29, 1.82) is 0 Å². The fourth-order valence-electron chi connectivity index (χ4n) is 3.55. The van der Waals surface area contributed by atoms with Crippen LogP contribution in [0.4, 0.5) is 17.5 Å². The van der Waals surface area contributed by atoms with Crippen LogP contribution in [0.25, 0.3) is 11.1 Å². The zero-order valence-corrected chi connectivity index (χ0v) is 20.6. The maximum absolute atomic E-state index is 13.0. The first-order valence-electron chi connectivity index (χ1n) is 10.8. The summed E-state index contributed by atoms with van der Waals surface area (Å²) in [5.74, 6) is 0.759. The minimum atomic E-state index is -3.92. The van der Waals surface area contributed by atoms with Crippen molar-refractivity contribution in [1.82, 2.24) is 9.97 Å². The van der Waals surface area contributed by atoms with Crippen LogP contribution in [0.2, 0.25) is 0 Å². The summed E-state index contributed by atoms with van der Waals surface area (Å²) in [5, 5.41) is 0. The lowest BCUT2D eigenvalue weighted by Gasteiger charge is -2.21. The molecule has 0 fully saturated rings. The standard InChI is InChI=1S/C24H31N5O4S/c1-5-32-19-10-15(9-17-13-28-23(27)29-22(17)26)11-20(33-34(30,31)14-24(2,3)4)21(19)16-7-6-8-18(25)12-16/h6-8,10-13H,5,9,14,25H2,1-4H3,(H4,26,27,28,29). The second kappa shape index (κ2) is 9.76. The molecular weight excluding hydrogens is 454 g/mol. The third kappa shape index (κ3) is 6.50. The molecule has 0 atom stereocenters. The molecule has 3 rings (SSSR count). The number of rotatable bonds is 8. The Morgan fingerprint density at radius 2 is 1.74 bits per heavy atom. The molecule has 0 aliphatic heterocycles. The lowest BCUT2D eigenvalue weighted by atomic mass is 9.98. The monoisotopic (exact) mass is 485 g/mol. The molecule has 0 unspecified atom stereocenters. The highest BCUT2D eigenvalue weighted by Gasteiger charge is 2.26. The van der Waals surface area contributed by atoms with Crippen molar-refractivity contribution in [2.75, 3.05) is 29.6 Å². The van der Waals surface area contributed by atoms with Gasteiger partial charge in [0.25, 0.3) is 0 Å². The van der Waals surface area contributed by atoms with Crippen molar-refractivity contribution in [2.45, 2.75) is 34.1 Å². The zero-order chi connectivity index (χ0) is 25.1. The molecule has 0 saturated heterocycles. The summed E-state index contributed by atoms with van der Waals surface area (Å²) in [6.07, 6.45) is 1.86. The highest BCUT2D eigenvalue weighted by molar-refractivity contribution is 7.87. The molecule has 10 heteroatoms. The minimum absolute atomic E-state index is 0.0746. The van der Waals surface area contributed by atoms with E-state index in [0.29, 0.717) is 46.7 Å². The Bertz CT molecular complexity index is 1290. The van der Waals surface area contributed by atoms with Crippen LogP contribution in [0, 0.1) is 5.41 Å². The third-order valence-electron chi connectivity index (χ3n) is 4.74. The van der Waals surface area contributed by atoms with Crippen LogP contribution in [0.15, 0.2) is 42.6 Å². The molecule has 3 aromatic rings. The Balaban J connectivity index is 2.18. The molecule has 0 aliphatic rings. The summed E-state index contributed by atoms with van der Waals surface area (Å²) in [6.45, 7) is 7.70. The molecule has 1 aromatic heterocycles. The summed E-state index contributed by atoms with van der Waals surface area (Å²) in [6, 6.07) is 10.6. The van der Waals surface area contributed by atoms with E-state index in [0.717, 1.165) is 0 Å². The number of nitrogens with two attached hydrogens (primary N) is 3. The summed E-state index contributed by atoms with van der Waals surface area (Å²) >= 11 is 0. The number of nitrogens with zero attached hydrogens (tertiary/aromatic N) is 2. The molecule has 182 valence electrons. The molecule has 9 nitrogen and oxygen atoms in total. The SMILES string of the molecule is CCOc1cc(Cc2cnc(N)nc2N)cc(OS(=O)(=O)CC(C)(C)C)c1-c1cccc(N)c1. The first-order valence-corrected chi connectivity index (χ1v) is 12.4. The van der Waals surface area contributed by atoms with Crippen molar-refractivity contribution in [3.05, 3.63) is 53.7 Å². The summed E-state index contributed by atoms with van der Waals surface area (Å²) in [4.78, 5) is 8.00. The average molecular weight is 486 g/mol. The number of ether oxygens (including phenoxy) is 1. The highest BCUT2D eigenvalue weighted by Crippen LogP contribution is 2.42. The van der Waals surface area contributed by atoms with Gasteiger partial charge in [-0.05, 0) is 47.7 Å². The van der Waals surface area contributed by atoms with Gasteiger partial charge < -0.3 is 26.1 Å². The Kier molecular flexibility index (Phi) is 7.21. The number of benzene rings is 2. The largest absolute Gasteiger partial charge is 0.493 e. The average Bonchev–Trinajstić information content (AvgIpc) is 2.68. The van der Waals surface area contributed by atoms with Gasteiger partial charge in [0.1, 0.15) is 11.6 Å². The topological polar surface area (TPSA) is 156 Å². The van der Waals surface area contributed by atoms with Gasteiger partial charge in [-0.2, -0.15) is 13.4 Å². The van der Waals surface area contributed by atoms with Gasteiger partial charge in [-0.3, -0.25) is 0 Å². The summed E-state index contributed by atoms with van der Waals surface area (Å²) in [5.41, 5.74) is 20.2. The van der Waals surface area contributed by atoms with E-state index in [1.807, 2.05) is 39.8 Å². The Hall–Kier alpha value is -3.53. The van der Waals surface area contributed by atoms with Gasteiger partial charge in [0.2, 0.25) is 5.95 Å². The molecule has 0 aliphatic carbocycles. The fourth-order valence-corrected chi connectivity index (χ4v) is 5.07. The van der Waals surface area contributed by atoms with Crippen LogP contribution in [-0.4, -0.2) is 30.7 Å². The van der Waals surface area contributed by atoms with E-state index >= 15 is 0 Å². The van der Waals surface area contributed by atoms with E-state index in [4.69, 9.17) is 26.1 Å². The molecule has 0 bridgehead atoms. The van der Waals surface area contributed by atoms with Crippen molar-refractivity contribution in [3.8, 4) is 22.6 Å². The normalized spacial score (nSPS) is 11.9. The molecule has 0 radical (unpaired) electrons. The van der Waals surface area contributed by atoms with Gasteiger partial charge >= 0.3 is 10.1 Å². The van der Waals surface area contributed by atoms with Crippen molar-refractivity contribution in [3.63, 3.8) is 0 Å². The van der Waals surface area contributed by atoms with Crippen molar-refractivity contribution >= 4 is 27.6 Å². The molecule has 0 spiro atoms. The summed E-state index contributed by atoms with van der Waals surface area (Å²) < 4.78 is 37.5. The van der Waals surface area contributed by atoms with E-state index in [2.05, 4.69) is 9.97 Å². The van der Waals surface area contributed by atoms with Crippen molar-refractivity contribution in [2.24, 2.45) is 5.41 Å². The summed E-state index contributed by atoms with van der Waals surface area (Å²) in [7, 11) is -3.92. The Morgan fingerprint density at radius 1 is 1.03 bits per heavy atom. The Morgan fingerprint density at radius 3 is 2.35 bits per heavy atom. The zero-order valence-electron chi connectivity index (χ0n) is 19.8. The van der Waals surface area contributed by atoms with Crippen LogP contribution in [0.5, 0.6) is 11.5 Å². The number of hydrogen-bond acceptors (Lipinski definition) is 9. The van der Waals surface area contributed by atoms with E-state index in [9.17, 15) is 8.42 Å². The number of hydrogen-bond donors (Lipinski definition) is 3. The fraction of sp³-hybridized carbons (Fsp3) is 0.333. The number of anilines is 3. The Labute approximate surface area is 200 Å². The molecule has 1 heterocycles. The highest BCUT2D eigenvalue weighted by atomic mass is 32.2. The quantitative estimate of drug-likeness (QED) is 0.320. The van der Waals surface area contributed by atoms with Gasteiger partial charge in [0.15, 0.2) is 5.75 Å². The van der Waals surface area contributed by atoms with Gasteiger partial charge in [0.05, 0.1) is 17.9 Å². The van der Waals surface area contributed by atoms with Gasteiger partial charge in [0, 0.05) is 23.9 Å². The van der Waals surface area contributed by atoms with E-state index in [-0.39, 0.29) is 23.3 Å². The second-order valence-corrected chi connectivity index (χ2v) is 10.8. The van der Waals surface area contributed by atoms with E-state index < -0.39 is 15.5 Å². The van der Waals surface area contributed by atoms with Crippen LogP contribution in [-0.2, 0) is 16.5 Å². The molecule has 6 N–H and O–H groups in total. The van der Waals surface area contributed by atoms with Gasteiger partial charge in [-0.15, -0.1) is 0 Å². The van der Waals surface area contributed by atoms with Crippen LogP contribution in [0.3, 0.4) is 0 Å². The van der Waals surface area contributed by atoms with E-state index in [1.165, 1.54) is 0 Å². The smallest absolute Gasteiger partial charge is 0.309 e. The molecular formula is C24H31N5O4S. The molecule has 0 amide bonds. The number of nitrogen functional groups attached to an aromatic ring is 3. The van der Waals surface area contributed by atoms with Gasteiger partial charge in [-0.25, -0.2) is 4.98 Å². The third-order valence-corrected chi connectivity index (χ3v) is 6.39. The molecule has 2 aromatic carbocycles. The minimum Gasteiger partial charge on any atom is -0.493 e. The van der Waals surface area contributed by atoms with Crippen LogP contribution in [0.1, 0.15) is 38.8 Å². The van der Waals surface area contributed by atoms with E-state index in [1.54, 1.807) is 30.5 Å². The van der Waals surface area contributed by atoms with Gasteiger partial charge in [-0.1, -0.05) is 32.9 Å². The van der Waals surface area contributed by atoms with Crippen LogP contribution < -0.4 is 26.1 Å². The van der Waals surface area contributed by atoms with Crippen LogP contribution >= 0.6 is 0 Å². The molecule has 0 saturated carbocycles. The lowest BCUT2D eigenvalue weighted by molar-refractivity contribution is 0.340. The predicted octanol–water partition coefficient (Wildman–Crippen LogP) is 3.63. The molecule has 34 heavy (non-hydrogen) atoms. The predicted molar refractivity (Wildman–Crippen MR) is 135 cm³/mol. The number of aromatic nitrogens is 2. The first kappa shape index (κ1) is 25.1. The van der Waals surface area contributed by atoms with Crippen molar-refractivity contribution < 1.29 is 17.3 Å². The first-order chi connectivity index (χ1) is 15.9. The maximum atomic E-state index is 13.0. The lowest BCUT2D eigenvalue weighted by Crippen LogP contribution is -2.24.